The van der Waals surface area contributed by atoms with E-state index in [4.69, 9.17) is 23.2 Å². The van der Waals surface area contributed by atoms with E-state index in [0.29, 0.717) is 0 Å². The van der Waals surface area contributed by atoms with E-state index >= 15 is 0 Å². The molecule has 0 amide bonds. The van der Waals surface area contributed by atoms with Gasteiger partial charge in [0.25, 0.3) is 0 Å². The Bertz CT molecular complexity index is 137. The number of hydrogen-bond donors (Lipinski definition) is 0. The van der Waals surface area contributed by atoms with Crippen LogP contribution >= 0.6 is 35.0 Å². The summed E-state index contributed by atoms with van der Waals surface area (Å²) >= 11 is 14.0. The molecular formula is C14H28Cl2S. The van der Waals surface area contributed by atoms with Gasteiger partial charge in [-0.15, -0.1) is 23.2 Å². The van der Waals surface area contributed by atoms with Crippen molar-refractivity contribution in [2.75, 3.05) is 11.8 Å². The number of thioether (sulfide) groups is 1. The van der Waals surface area contributed by atoms with E-state index in [2.05, 4.69) is 25.6 Å². The Hall–Kier alpha value is 0.930. The summed E-state index contributed by atoms with van der Waals surface area (Å²) in [5.41, 5.74) is 0. The van der Waals surface area contributed by atoms with Gasteiger partial charge in [0.15, 0.2) is 0 Å². The predicted molar refractivity (Wildman–Crippen MR) is 84.9 cm³/mol. The van der Waals surface area contributed by atoms with E-state index in [9.17, 15) is 0 Å². The average molecular weight is 299 g/mol. The summed E-state index contributed by atoms with van der Waals surface area (Å²) < 4.78 is 0. The van der Waals surface area contributed by atoms with Gasteiger partial charge in [0.1, 0.15) is 0 Å². The van der Waals surface area contributed by atoms with E-state index in [-0.39, 0.29) is 0 Å². The molecule has 2 unspecified atom stereocenters. The van der Waals surface area contributed by atoms with Crippen LogP contribution < -0.4 is 0 Å². The minimum atomic E-state index is 0.748. The average Bonchev–Trinajstić information content (AvgIpc) is 2.33. The van der Waals surface area contributed by atoms with Gasteiger partial charge in [0, 0.05) is 22.3 Å². The van der Waals surface area contributed by atoms with Crippen molar-refractivity contribution in [2.45, 2.75) is 75.7 Å². The number of alkyl halides is 2. The molecule has 104 valence electrons. The fourth-order valence-corrected chi connectivity index (χ4v) is 4.38. The molecule has 0 aliphatic rings. The Balaban J connectivity index is 4.02. The summed E-state index contributed by atoms with van der Waals surface area (Å²) in [5.74, 6) is 1.59. The highest BCUT2D eigenvalue weighted by molar-refractivity contribution is 8.00. The molecule has 0 saturated carbocycles. The predicted octanol–water partition coefficient (Wildman–Crippen LogP) is 6.10. The quantitative estimate of drug-likeness (QED) is 0.393. The molecule has 0 fully saturated rings. The third kappa shape index (κ3) is 10.5. The van der Waals surface area contributed by atoms with Crippen LogP contribution in [0.2, 0.25) is 0 Å². The SMILES string of the molecule is CCCCC(CCCl)SC(CCCl)CCCC. The molecule has 0 bridgehead atoms. The Morgan fingerprint density at radius 3 is 1.47 bits per heavy atom. The molecule has 0 aliphatic heterocycles. The van der Waals surface area contributed by atoms with Crippen molar-refractivity contribution in [3.63, 3.8) is 0 Å². The highest BCUT2D eigenvalue weighted by atomic mass is 35.5. The van der Waals surface area contributed by atoms with E-state index in [1.54, 1.807) is 0 Å². The van der Waals surface area contributed by atoms with Crippen LogP contribution in [-0.4, -0.2) is 22.3 Å². The van der Waals surface area contributed by atoms with Crippen molar-refractivity contribution in [1.29, 1.82) is 0 Å². The summed E-state index contributed by atoms with van der Waals surface area (Å²) in [6.07, 6.45) is 10.2. The molecule has 0 heterocycles. The van der Waals surface area contributed by atoms with Crippen LogP contribution in [0.1, 0.15) is 65.2 Å². The molecule has 0 N–H and O–H groups in total. The van der Waals surface area contributed by atoms with Crippen molar-refractivity contribution < 1.29 is 0 Å². The first-order valence-corrected chi connectivity index (χ1v) is 9.06. The van der Waals surface area contributed by atoms with E-state index < -0.39 is 0 Å². The lowest BCUT2D eigenvalue weighted by molar-refractivity contribution is 0.645. The molecule has 0 rings (SSSR count). The molecule has 0 saturated heterocycles. The zero-order valence-electron chi connectivity index (χ0n) is 11.4. The Morgan fingerprint density at radius 1 is 0.765 bits per heavy atom. The van der Waals surface area contributed by atoms with Gasteiger partial charge >= 0.3 is 0 Å². The fourth-order valence-electron chi connectivity index (χ4n) is 1.94. The van der Waals surface area contributed by atoms with Gasteiger partial charge in [0.05, 0.1) is 0 Å². The molecular weight excluding hydrogens is 271 g/mol. The first kappa shape index (κ1) is 17.9. The van der Waals surface area contributed by atoms with Crippen LogP contribution in [0.4, 0.5) is 0 Å². The molecule has 0 spiro atoms. The lowest BCUT2D eigenvalue weighted by Gasteiger charge is -2.22. The molecule has 0 aromatic rings. The van der Waals surface area contributed by atoms with Crippen LogP contribution in [-0.2, 0) is 0 Å². The molecule has 0 aliphatic carbocycles. The minimum Gasteiger partial charge on any atom is -0.155 e. The third-order valence-corrected chi connectivity index (χ3v) is 5.16. The van der Waals surface area contributed by atoms with Crippen molar-refractivity contribution in [3.8, 4) is 0 Å². The second kappa shape index (κ2) is 13.4. The van der Waals surface area contributed by atoms with Gasteiger partial charge in [-0.2, -0.15) is 11.8 Å². The van der Waals surface area contributed by atoms with Gasteiger partial charge in [0.2, 0.25) is 0 Å². The highest BCUT2D eigenvalue weighted by Gasteiger charge is 2.15. The van der Waals surface area contributed by atoms with Gasteiger partial charge in [-0.05, 0) is 25.7 Å². The van der Waals surface area contributed by atoms with Gasteiger partial charge in [-0.3, -0.25) is 0 Å². The summed E-state index contributed by atoms with van der Waals surface area (Å²) in [5, 5.41) is 1.50. The molecule has 2 atom stereocenters. The zero-order chi connectivity index (χ0) is 12.9. The highest BCUT2D eigenvalue weighted by Crippen LogP contribution is 2.30. The van der Waals surface area contributed by atoms with Crippen molar-refractivity contribution in [2.24, 2.45) is 0 Å². The second-order valence-corrected chi connectivity index (χ2v) is 6.98. The van der Waals surface area contributed by atoms with E-state index in [1.807, 2.05) is 0 Å². The van der Waals surface area contributed by atoms with E-state index in [1.165, 1.54) is 38.5 Å². The summed E-state index contributed by atoms with van der Waals surface area (Å²) in [6, 6.07) is 0. The Labute approximate surface area is 122 Å². The van der Waals surface area contributed by atoms with Crippen LogP contribution in [0.3, 0.4) is 0 Å². The van der Waals surface area contributed by atoms with Crippen LogP contribution in [0.25, 0.3) is 0 Å². The Kier molecular flexibility index (Phi) is 14.1. The first-order chi connectivity index (χ1) is 8.28. The number of unbranched alkanes of at least 4 members (excludes halogenated alkanes) is 2. The smallest absolute Gasteiger partial charge is 0.0233 e. The monoisotopic (exact) mass is 298 g/mol. The largest absolute Gasteiger partial charge is 0.155 e. The third-order valence-electron chi connectivity index (χ3n) is 3.01. The summed E-state index contributed by atoms with van der Waals surface area (Å²) in [7, 11) is 0. The van der Waals surface area contributed by atoms with Crippen molar-refractivity contribution in [1.82, 2.24) is 0 Å². The van der Waals surface area contributed by atoms with Gasteiger partial charge < -0.3 is 0 Å². The standard InChI is InChI=1S/C14H28Cl2S/c1-3-5-7-13(9-11-15)17-14(10-12-16)8-6-4-2/h13-14H,3-12H2,1-2H3. The van der Waals surface area contributed by atoms with Crippen LogP contribution in [0.5, 0.6) is 0 Å². The second-order valence-electron chi connectivity index (χ2n) is 4.62. The van der Waals surface area contributed by atoms with Crippen molar-refractivity contribution >= 4 is 35.0 Å². The topological polar surface area (TPSA) is 0 Å². The lowest BCUT2D eigenvalue weighted by atomic mass is 10.1. The van der Waals surface area contributed by atoms with Gasteiger partial charge in [-0.25, -0.2) is 0 Å². The molecule has 3 heteroatoms. The normalized spacial score (nSPS) is 14.8. The van der Waals surface area contributed by atoms with Crippen LogP contribution in [0.15, 0.2) is 0 Å². The maximum absolute atomic E-state index is 5.90. The van der Waals surface area contributed by atoms with Crippen molar-refractivity contribution in [3.05, 3.63) is 0 Å². The molecule has 0 radical (unpaired) electrons. The number of rotatable bonds is 12. The number of halogens is 2. The lowest BCUT2D eigenvalue weighted by Crippen LogP contribution is -2.13. The summed E-state index contributed by atoms with van der Waals surface area (Å²) in [4.78, 5) is 0. The zero-order valence-corrected chi connectivity index (χ0v) is 13.7. The number of hydrogen-bond acceptors (Lipinski definition) is 1. The van der Waals surface area contributed by atoms with E-state index in [0.717, 1.165) is 35.1 Å². The molecule has 17 heavy (non-hydrogen) atoms. The molecule has 0 nitrogen and oxygen atoms in total. The Morgan fingerprint density at radius 2 is 1.18 bits per heavy atom. The molecule has 0 aromatic carbocycles. The van der Waals surface area contributed by atoms with Crippen LogP contribution in [0, 0.1) is 0 Å². The summed E-state index contributed by atoms with van der Waals surface area (Å²) in [6.45, 7) is 4.52. The maximum atomic E-state index is 5.90. The first-order valence-electron chi connectivity index (χ1n) is 7.05. The van der Waals surface area contributed by atoms with Gasteiger partial charge in [-0.1, -0.05) is 39.5 Å². The fraction of sp³-hybridized carbons (Fsp3) is 1.00. The molecule has 0 aromatic heterocycles. The minimum absolute atomic E-state index is 0.748. The maximum Gasteiger partial charge on any atom is 0.0233 e.